The number of nitrogens with zero attached hydrogens (tertiary/aromatic N) is 2. The highest BCUT2D eigenvalue weighted by molar-refractivity contribution is 7.99. The van der Waals surface area contributed by atoms with Crippen molar-refractivity contribution in [3.8, 4) is 11.1 Å². The Bertz CT molecular complexity index is 1200. The SMILES string of the molecule is CCOCCCOC(C)c1cc(=O)n2ncc(-c3ccc(Sc4ccccc4)cc3)c2[nH]1. The molecule has 2 aromatic heterocycles. The number of rotatable bonds is 10. The summed E-state index contributed by atoms with van der Waals surface area (Å²) in [5.74, 6) is 0. The number of ether oxygens (including phenoxy) is 2. The molecule has 1 N–H and O–H groups in total. The second kappa shape index (κ2) is 10.6. The Balaban J connectivity index is 1.53. The molecule has 0 radical (unpaired) electrons. The molecule has 7 heteroatoms. The second-order valence-corrected chi connectivity index (χ2v) is 8.53. The Kier molecular flexibility index (Phi) is 7.42. The average Bonchev–Trinajstić information content (AvgIpc) is 3.25. The van der Waals surface area contributed by atoms with E-state index < -0.39 is 0 Å². The maximum atomic E-state index is 12.6. The van der Waals surface area contributed by atoms with Gasteiger partial charge in [-0.05, 0) is 50.1 Å². The van der Waals surface area contributed by atoms with Crippen molar-refractivity contribution >= 4 is 17.4 Å². The topological polar surface area (TPSA) is 68.6 Å². The van der Waals surface area contributed by atoms with E-state index in [1.807, 2.05) is 32.0 Å². The fourth-order valence-corrected chi connectivity index (χ4v) is 4.25. The third-order valence-electron chi connectivity index (χ3n) is 5.11. The number of aromatic amines is 1. The normalized spacial score (nSPS) is 12.3. The Labute approximate surface area is 191 Å². The molecule has 0 amide bonds. The summed E-state index contributed by atoms with van der Waals surface area (Å²) in [7, 11) is 0. The van der Waals surface area contributed by atoms with Gasteiger partial charge in [-0.3, -0.25) is 4.79 Å². The Hall–Kier alpha value is -2.87. The zero-order valence-electron chi connectivity index (χ0n) is 18.3. The summed E-state index contributed by atoms with van der Waals surface area (Å²) in [5, 5.41) is 4.29. The smallest absolute Gasteiger partial charge is 0.274 e. The zero-order valence-corrected chi connectivity index (χ0v) is 19.1. The molecule has 6 nitrogen and oxygen atoms in total. The van der Waals surface area contributed by atoms with Gasteiger partial charge >= 0.3 is 0 Å². The quantitative estimate of drug-likeness (QED) is 0.331. The number of benzene rings is 2. The van der Waals surface area contributed by atoms with Crippen molar-refractivity contribution in [3.05, 3.63) is 82.9 Å². The first kappa shape index (κ1) is 22.3. The standard InChI is InChI=1S/C25H27N3O3S/c1-3-30-14-7-15-31-18(2)23-16-24(29)28-25(27-23)22(17-26-28)19-10-12-21(13-11-19)32-20-8-5-4-6-9-20/h4-6,8-13,16-18,27H,3,7,14-15H2,1-2H3. The first-order valence-corrected chi connectivity index (χ1v) is 11.6. The predicted molar refractivity (Wildman–Crippen MR) is 127 cm³/mol. The van der Waals surface area contributed by atoms with Crippen molar-refractivity contribution in [1.82, 2.24) is 14.6 Å². The third-order valence-corrected chi connectivity index (χ3v) is 6.12. The van der Waals surface area contributed by atoms with Crippen LogP contribution >= 0.6 is 11.8 Å². The van der Waals surface area contributed by atoms with Crippen molar-refractivity contribution in [2.75, 3.05) is 19.8 Å². The molecule has 0 saturated heterocycles. The molecule has 4 aromatic rings. The highest BCUT2D eigenvalue weighted by Crippen LogP contribution is 2.30. The number of fused-ring (bicyclic) bond motifs is 1. The van der Waals surface area contributed by atoms with Crippen LogP contribution in [0.5, 0.6) is 0 Å². The minimum Gasteiger partial charge on any atom is -0.382 e. The van der Waals surface area contributed by atoms with Crippen LogP contribution in [0.3, 0.4) is 0 Å². The molecule has 0 bridgehead atoms. The molecule has 32 heavy (non-hydrogen) atoms. The van der Waals surface area contributed by atoms with Crippen molar-refractivity contribution in [1.29, 1.82) is 0 Å². The highest BCUT2D eigenvalue weighted by atomic mass is 32.2. The van der Waals surface area contributed by atoms with Crippen LogP contribution in [-0.4, -0.2) is 34.4 Å². The van der Waals surface area contributed by atoms with Gasteiger partial charge in [0, 0.05) is 41.2 Å². The van der Waals surface area contributed by atoms with E-state index in [4.69, 9.17) is 9.47 Å². The summed E-state index contributed by atoms with van der Waals surface area (Å²) in [5.41, 5.74) is 3.10. The lowest BCUT2D eigenvalue weighted by Gasteiger charge is -2.14. The van der Waals surface area contributed by atoms with Crippen LogP contribution < -0.4 is 5.56 Å². The maximum absolute atomic E-state index is 12.6. The van der Waals surface area contributed by atoms with Crippen LogP contribution in [0.25, 0.3) is 16.8 Å². The van der Waals surface area contributed by atoms with Crippen molar-refractivity contribution in [2.45, 2.75) is 36.2 Å². The van der Waals surface area contributed by atoms with E-state index in [0.29, 0.717) is 25.5 Å². The molecule has 4 rings (SSSR count). The lowest BCUT2D eigenvalue weighted by Crippen LogP contribution is -2.17. The Morgan fingerprint density at radius 2 is 1.81 bits per heavy atom. The fraction of sp³-hybridized carbons (Fsp3) is 0.280. The van der Waals surface area contributed by atoms with E-state index >= 15 is 0 Å². The Morgan fingerprint density at radius 1 is 1.06 bits per heavy atom. The molecular weight excluding hydrogens is 422 g/mol. The van der Waals surface area contributed by atoms with Crippen LogP contribution in [0.4, 0.5) is 0 Å². The summed E-state index contributed by atoms with van der Waals surface area (Å²) in [6, 6.07) is 20.1. The molecule has 2 heterocycles. The minimum absolute atomic E-state index is 0.180. The van der Waals surface area contributed by atoms with Gasteiger partial charge in [-0.15, -0.1) is 0 Å². The van der Waals surface area contributed by atoms with Gasteiger partial charge in [-0.1, -0.05) is 42.1 Å². The monoisotopic (exact) mass is 449 g/mol. The maximum Gasteiger partial charge on any atom is 0.274 e. The summed E-state index contributed by atoms with van der Waals surface area (Å²) >= 11 is 1.71. The fourth-order valence-electron chi connectivity index (χ4n) is 3.42. The molecule has 2 aromatic carbocycles. The molecular formula is C25H27N3O3S. The third kappa shape index (κ3) is 5.30. The van der Waals surface area contributed by atoms with Crippen LogP contribution in [0, 0.1) is 0 Å². The summed E-state index contributed by atoms with van der Waals surface area (Å²) < 4.78 is 12.6. The van der Waals surface area contributed by atoms with Gasteiger partial charge < -0.3 is 14.5 Å². The van der Waals surface area contributed by atoms with Crippen molar-refractivity contribution in [3.63, 3.8) is 0 Å². The molecule has 166 valence electrons. The number of nitrogens with one attached hydrogen (secondary N) is 1. The van der Waals surface area contributed by atoms with E-state index in [1.54, 1.807) is 24.0 Å². The molecule has 0 saturated carbocycles. The molecule has 0 aliphatic heterocycles. The summed E-state index contributed by atoms with van der Waals surface area (Å²) in [4.78, 5) is 18.3. The van der Waals surface area contributed by atoms with E-state index in [2.05, 4.69) is 46.5 Å². The van der Waals surface area contributed by atoms with E-state index in [9.17, 15) is 4.79 Å². The first-order chi connectivity index (χ1) is 15.7. The summed E-state index contributed by atoms with van der Waals surface area (Å²) in [6.07, 6.45) is 2.31. The van der Waals surface area contributed by atoms with Crippen molar-refractivity contribution in [2.24, 2.45) is 0 Å². The van der Waals surface area contributed by atoms with Gasteiger partial charge in [-0.25, -0.2) is 0 Å². The molecule has 1 unspecified atom stereocenters. The van der Waals surface area contributed by atoms with Gasteiger partial charge in [0.05, 0.1) is 18.0 Å². The van der Waals surface area contributed by atoms with Gasteiger partial charge in [0.15, 0.2) is 0 Å². The molecule has 1 atom stereocenters. The van der Waals surface area contributed by atoms with Crippen LogP contribution in [-0.2, 0) is 9.47 Å². The average molecular weight is 450 g/mol. The van der Waals surface area contributed by atoms with Crippen molar-refractivity contribution < 1.29 is 9.47 Å². The second-order valence-electron chi connectivity index (χ2n) is 7.38. The molecule has 0 fully saturated rings. The van der Waals surface area contributed by atoms with Crippen LogP contribution in [0.1, 0.15) is 32.1 Å². The molecule has 0 spiro atoms. The zero-order chi connectivity index (χ0) is 22.3. The van der Waals surface area contributed by atoms with E-state index in [0.717, 1.165) is 28.1 Å². The largest absolute Gasteiger partial charge is 0.382 e. The summed E-state index contributed by atoms with van der Waals surface area (Å²) in [6.45, 7) is 5.86. The predicted octanol–water partition coefficient (Wildman–Crippen LogP) is 5.35. The van der Waals surface area contributed by atoms with E-state index in [-0.39, 0.29) is 11.7 Å². The first-order valence-electron chi connectivity index (χ1n) is 10.8. The number of hydrogen-bond donors (Lipinski definition) is 1. The van der Waals surface area contributed by atoms with Gasteiger partial charge in [0.1, 0.15) is 5.65 Å². The van der Waals surface area contributed by atoms with Gasteiger partial charge in [-0.2, -0.15) is 9.61 Å². The number of aromatic nitrogens is 3. The lowest BCUT2D eigenvalue weighted by atomic mass is 10.1. The highest BCUT2D eigenvalue weighted by Gasteiger charge is 2.14. The minimum atomic E-state index is -0.235. The lowest BCUT2D eigenvalue weighted by molar-refractivity contribution is 0.0418. The van der Waals surface area contributed by atoms with Crippen LogP contribution in [0.15, 0.2) is 81.4 Å². The van der Waals surface area contributed by atoms with Crippen LogP contribution in [0.2, 0.25) is 0 Å². The molecule has 0 aliphatic carbocycles. The number of hydrogen-bond acceptors (Lipinski definition) is 5. The van der Waals surface area contributed by atoms with E-state index in [1.165, 1.54) is 9.41 Å². The Morgan fingerprint density at radius 3 is 2.56 bits per heavy atom. The molecule has 0 aliphatic rings. The van der Waals surface area contributed by atoms with Gasteiger partial charge in [0.2, 0.25) is 0 Å². The number of H-pyrrole nitrogens is 1. The van der Waals surface area contributed by atoms with Gasteiger partial charge in [0.25, 0.3) is 5.56 Å².